The smallest absolute Gasteiger partial charge is 0.179 e. The van der Waals surface area contributed by atoms with Crippen LogP contribution in [0.25, 0.3) is 55.0 Å². The molecule has 0 unspecified atom stereocenters. The minimum Gasteiger partial charge on any atom is -0.309 e. The lowest BCUT2D eigenvalue weighted by molar-refractivity contribution is 0.332. The number of hydrogen-bond acceptors (Lipinski definition) is 0. The van der Waals surface area contributed by atoms with Gasteiger partial charge in [-0.15, -0.1) is 0 Å². The molecule has 0 saturated carbocycles. The molecule has 0 radical (unpaired) electrons. The monoisotopic (exact) mass is 806 g/mol. The van der Waals surface area contributed by atoms with Crippen molar-refractivity contribution < 1.29 is 39.8 Å². The number of fused-ring (bicyclic) bond motifs is 7. The first kappa shape index (κ1) is 16.7. The topological polar surface area (TPSA) is 9.86 Å². The summed E-state index contributed by atoms with van der Waals surface area (Å²) in [5, 5.41) is -4.95. The minimum atomic E-state index is -5.85. The molecule has 0 N–H and O–H groups in total. The Morgan fingerprint density at radius 1 is 0.407 bits per heavy atom. The third kappa shape index (κ3) is 5.37. The zero-order chi connectivity index (χ0) is 65.2. The van der Waals surface area contributed by atoms with Crippen LogP contribution in [0.15, 0.2) is 193 Å². The molecule has 8 aromatic carbocycles. The van der Waals surface area contributed by atoms with Gasteiger partial charge in [-0.25, -0.2) is 0 Å². The van der Waals surface area contributed by atoms with Crippen molar-refractivity contribution in [3.8, 4) is 11.4 Å². The van der Waals surface area contributed by atoms with E-state index >= 15 is 0 Å². The van der Waals surface area contributed by atoms with E-state index in [4.69, 9.17) is 15.1 Å². The second kappa shape index (κ2) is 13.3. The summed E-state index contributed by atoms with van der Waals surface area (Å²) < 4.78 is 274. The summed E-state index contributed by atoms with van der Waals surface area (Å²) in [4.78, 5) is 0. The molecule has 2 aromatic heterocycles. The van der Waals surface area contributed by atoms with Crippen molar-refractivity contribution in [2.75, 3.05) is 0 Å². The Morgan fingerprint density at radius 3 is 1.56 bits per heavy atom. The van der Waals surface area contributed by atoms with Crippen LogP contribution in [0.2, 0.25) is 0 Å². The molecular weight excluding hydrogens is 729 g/mol. The number of benzene rings is 8. The molecular formula is C56H48N2Si. The van der Waals surface area contributed by atoms with Crippen molar-refractivity contribution in [1.82, 2.24) is 9.13 Å². The number of aromatic nitrogens is 2. The Labute approximate surface area is 388 Å². The van der Waals surface area contributed by atoms with Gasteiger partial charge in [0.25, 0.3) is 0 Å². The summed E-state index contributed by atoms with van der Waals surface area (Å²) in [6.07, 6.45) is 1.20. The second-order valence-corrected chi connectivity index (χ2v) is 19.4. The lowest BCUT2D eigenvalue weighted by atomic mass is 9.63. The van der Waals surface area contributed by atoms with E-state index < -0.39 is 265 Å². The molecule has 2 heterocycles. The molecule has 10 aromatic rings. The van der Waals surface area contributed by atoms with Gasteiger partial charge in [-0.1, -0.05) is 173 Å². The molecule has 59 heavy (non-hydrogen) atoms. The fourth-order valence-electron chi connectivity index (χ4n) is 8.62. The van der Waals surface area contributed by atoms with Crippen molar-refractivity contribution in [2.24, 2.45) is 0 Å². The van der Waals surface area contributed by atoms with Gasteiger partial charge in [-0.05, 0) is 104 Å². The quantitative estimate of drug-likeness (QED) is 0.117. The van der Waals surface area contributed by atoms with Crippen LogP contribution in [-0.4, -0.2) is 17.2 Å². The summed E-state index contributed by atoms with van der Waals surface area (Å²) >= 11 is 0. The largest absolute Gasteiger partial charge is 0.309 e. The van der Waals surface area contributed by atoms with Crippen molar-refractivity contribution in [3.05, 3.63) is 205 Å². The highest BCUT2D eigenvalue weighted by Crippen LogP contribution is 2.45. The van der Waals surface area contributed by atoms with E-state index in [-0.39, 0.29) is 5.19 Å². The highest BCUT2D eigenvalue weighted by Gasteiger charge is 2.44. The highest BCUT2D eigenvalue weighted by atomic mass is 28.3. The lowest BCUT2D eigenvalue weighted by Crippen LogP contribution is -2.75. The van der Waals surface area contributed by atoms with E-state index in [1.165, 1.54) is 6.07 Å². The number of hydrogen-bond donors (Lipinski definition) is 0. The molecule has 0 amide bonds. The van der Waals surface area contributed by atoms with Gasteiger partial charge in [0.05, 0.1) is 61.8 Å². The SMILES string of the molecule is [2H]c1c([2H])c([2H])c(-n2c3c([2H])c([2H])c([2H])c([2H])c3c3c([2H])c(-n4c5c([2H])c([2H])c([2H])c([2H])c5c5c([2H])c([2H])c([Si](c6ccc7c(c6)C(C)(C)CCC7(C)C)(c6c([2H])c([2H])c([2H])c([2H])c6[2H])c6c([2H])c([2H])c([2H])c([2H])c6[2H])c([2H])c54)c([2H])c([2H])c32)c([2H])c1[2H]. The molecule has 0 saturated heterocycles. The molecule has 0 spiro atoms. The summed E-state index contributed by atoms with van der Waals surface area (Å²) in [6, 6.07) is -23.3. The van der Waals surface area contributed by atoms with Crippen LogP contribution in [0, 0.1) is 0 Å². The molecule has 0 aliphatic heterocycles. The van der Waals surface area contributed by atoms with Crippen LogP contribution in [0.3, 0.4) is 0 Å². The standard InChI is InChI=1S/C56H48N2Si/c1-55(2)34-35-56(3,4)50-37-43(30-32-49(50)55)59(41-20-10-6-11-21-41,42-22-12-7-13-23-42)44-29-31-47-45-24-14-16-26-51(45)58(54(47)38-44)40-28-33-53-48(36-40)46-25-15-17-27-52(46)57(53)39-18-8-5-9-19-39/h5-33,36-38H,34-35H2,1-4H3/i5D,6D,7D,8D,9D,10D,11D,12D,13D,14D,15D,16D,17D,18D,19D,20D,21D,22D,23D,24D,25D,26D,27D,28D,29D,31D,33D,36D,38D. The zero-order valence-electron chi connectivity index (χ0n) is 61.0. The van der Waals surface area contributed by atoms with Crippen molar-refractivity contribution >= 4 is 72.4 Å². The summed E-state index contributed by atoms with van der Waals surface area (Å²) in [6.45, 7) is 7.80. The van der Waals surface area contributed by atoms with E-state index in [0.717, 1.165) is 14.7 Å². The average Bonchev–Trinajstić information content (AvgIpc) is 1.52. The van der Waals surface area contributed by atoms with Crippen LogP contribution in [0.5, 0.6) is 0 Å². The number of nitrogens with zero attached hydrogens (tertiary/aromatic N) is 2. The predicted octanol–water partition coefficient (Wildman–Crippen LogP) is 11.6. The number of para-hydroxylation sites is 3. The van der Waals surface area contributed by atoms with E-state index in [2.05, 4.69) is 0 Å². The van der Waals surface area contributed by atoms with Crippen molar-refractivity contribution in [3.63, 3.8) is 0 Å². The van der Waals surface area contributed by atoms with Gasteiger partial charge in [0.2, 0.25) is 0 Å². The Morgan fingerprint density at radius 2 is 0.915 bits per heavy atom. The van der Waals surface area contributed by atoms with Crippen molar-refractivity contribution in [2.45, 2.75) is 51.4 Å². The van der Waals surface area contributed by atoms with Gasteiger partial charge < -0.3 is 9.13 Å². The maximum absolute atomic E-state index is 10.9. The van der Waals surface area contributed by atoms with Gasteiger partial charge in [0, 0.05) is 32.9 Å². The molecule has 0 atom stereocenters. The van der Waals surface area contributed by atoms with Crippen molar-refractivity contribution in [1.29, 1.82) is 0 Å². The zero-order valence-corrected chi connectivity index (χ0v) is 33.0. The number of rotatable bonds is 6. The molecule has 3 heteroatoms. The molecule has 0 fully saturated rings. The van der Waals surface area contributed by atoms with Crippen LogP contribution < -0.4 is 20.7 Å². The normalized spacial score (nSPS) is 21.8. The molecule has 286 valence electrons. The minimum absolute atomic E-state index is 0.117. The second-order valence-electron chi connectivity index (χ2n) is 15.8. The average molecular weight is 806 g/mol. The summed E-state index contributed by atoms with van der Waals surface area (Å²) in [7, 11) is -5.85. The Kier molecular flexibility index (Phi) is 3.76. The lowest BCUT2D eigenvalue weighted by Gasteiger charge is -2.43. The first-order valence-electron chi connectivity index (χ1n) is 33.3. The molecule has 11 rings (SSSR count). The Hall–Kier alpha value is -6.42. The van der Waals surface area contributed by atoms with Gasteiger partial charge in [-0.3, -0.25) is 0 Å². The van der Waals surface area contributed by atoms with Gasteiger partial charge >= 0.3 is 0 Å². The first-order chi connectivity index (χ1) is 40.8. The Balaban J connectivity index is 1.49. The van der Waals surface area contributed by atoms with E-state index in [0.29, 0.717) is 18.4 Å². The molecule has 0 bridgehead atoms. The summed E-state index contributed by atoms with van der Waals surface area (Å²) in [5.41, 5.74) is -4.44. The van der Waals surface area contributed by atoms with E-state index in [9.17, 15) is 24.7 Å². The third-order valence-electron chi connectivity index (χ3n) is 11.6. The van der Waals surface area contributed by atoms with Crippen LogP contribution in [0.1, 0.15) is 91.4 Å². The third-order valence-corrected chi connectivity index (χ3v) is 15.8. The van der Waals surface area contributed by atoms with Gasteiger partial charge in [-0.2, -0.15) is 0 Å². The maximum atomic E-state index is 10.9. The van der Waals surface area contributed by atoms with Crippen LogP contribution >= 0.6 is 0 Å². The van der Waals surface area contributed by atoms with Gasteiger partial charge in [0.1, 0.15) is 0 Å². The highest BCUT2D eigenvalue weighted by molar-refractivity contribution is 7.20. The van der Waals surface area contributed by atoms with Crippen LogP contribution in [0.4, 0.5) is 0 Å². The molecule has 1 aliphatic rings. The Bertz CT molecular complexity index is 4770. The fourth-order valence-corrected chi connectivity index (χ4v) is 12.5. The van der Waals surface area contributed by atoms with Gasteiger partial charge in [0.15, 0.2) is 8.07 Å². The molecule has 2 nitrogen and oxygen atoms in total. The molecule has 1 aliphatic carbocycles. The van der Waals surface area contributed by atoms with Crippen LogP contribution in [-0.2, 0) is 10.8 Å². The van der Waals surface area contributed by atoms with E-state index in [1.807, 2.05) is 27.7 Å². The van der Waals surface area contributed by atoms with E-state index in [1.54, 1.807) is 12.1 Å². The predicted molar refractivity (Wildman–Crippen MR) is 254 cm³/mol. The summed E-state index contributed by atoms with van der Waals surface area (Å²) in [5.74, 6) is 0. The fraction of sp³-hybridized carbons (Fsp3) is 0.143. The first-order valence-corrected chi connectivity index (χ1v) is 20.8. The maximum Gasteiger partial charge on any atom is 0.179 e.